The van der Waals surface area contributed by atoms with Gasteiger partial charge >= 0.3 is 0 Å². The fraction of sp³-hybridized carbons (Fsp3) is 0.526. The molecule has 3 atom stereocenters. The Hall–Kier alpha value is -2.41. The number of imide groups is 1. The van der Waals surface area contributed by atoms with E-state index in [0.29, 0.717) is 24.6 Å². The van der Waals surface area contributed by atoms with Crippen LogP contribution >= 0.6 is 0 Å². The van der Waals surface area contributed by atoms with Gasteiger partial charge in [-0.2, -0.15) is 0 Å². The Morgan fingerprint density at radius 3 is 2.81 bits per heavy atom. The first-order valence-electron chi connectivity index (χ1n) is 9.19. The number of carbonyl (C=O) groups excluding carboxylic acids is 3. The van der Waals surface area contributed by atoms with Crippen LogP contribution in [0.1, 0.15) is 48.5 Å². The number of nitrogens with one attached hydrogen (secondary N) is 2. The van der Waals surface area contributed by atoms with Gasteiger partial charge in [0.05, 0.1) is 0 Å². The summed E-state index contributed by atoms with van der Waals surface area (Å²) < 4.78 is 6.11. The maximum Gasteiger partial charge on any atom is 0.255 e. The second kappa shape index (κ2) is 6.72. The molecule has 4 rings (SSSR count). The van der Waals surface area contributed by atoms with Crippen molar-refractivity contribution in [2.45, 2.75) is 57.3 Å². The zero-order valence-corrected chi connectivity index (χ0v) is 14.8. The number of rotatable bonds is 3. The molecule has 1 unspecified atom stereocenters. The molecular formula is C19H23N3O4. The predicted molar refractivity (Wildman–Crippen MR) is 93.6 cm³/mol. The molecule has 0 radical (unpaired) electrons. The maximum atomic E-state index is 12.7. The zero-order chi connectivity index (χ0) is 18.3. The summed E-state index contributed by atoms with van der Waals surface area (Å²) in [5.74, 6) is -0.0535. The highest BCUT2D eigenvalue weighted by atomic mass is 16.5. The maximum absolute atomic E-state index is 12.7. The molecule has 7 heteroatoms. The third kappa shape index (κ3) is 3.19. The molecule has 0 bridgehead atoms. The van der Waals surface area contributed by atoms with E-state index in [0.717, 1.165) is 30.7 Å². The van der Waals surface area contributed by atoms with E-state index in [9.17, 15) is 14.4 Å². The van der Waals surface area contributed by atoms with Gasteiger partial charge in [0, 0.05) is 24.6 Å². The molecule has 2 saturated heterocycles. The third-order valence-electron chi connectivity index (χ3n) is 5.37. The normalized spacial score (nSPS) is 28.7. The van der Waals surface area contributed by atoms with Crippen molar-refractivity contribution in [3.8, 4) is 5.75 Å². The van der Waals surface area contributed by atoms with Crippen molar-refractivity contribution in [3.05, 3.63) is 29.3 Å². The van der Waals surface area contributed by atoms with Crippen molar-refractivity contribution in [2.75, 3.05) is 6.54 Å². The predicted octanol–water partition coefficient (Wildman–Crippen LogP) is 0.967. The third-order valence-corrected chi connectivity index (χ3v) is 5.37. The number of nitrogens with zero attached hydrogens (tertiary/aromatic N) is 1. The number of hydrogen-bond donors (Lipinski definition) is 2. The molecule has 7 nitrogen and oxygen atoms in total. The smallest absolute Gasteiger partial charge is 0.255 e. The fourth-order valence-electron chi connectivity index (χ4n) is 4.01. The lowest BCUT2D eigenvalue weighted by atomic mass is 10.0. The summed E-state index contributed by atoms with van der Waals surface area (Å²) in [5.41, 5.74) is 1.49. The van der Waals surface area contributed by atoms with Crippen molar-refractivity contribution in [1.29, 1.82) is 0 Å². The van der Waals surface area contributed by atoms with Gasteiger partial charge in [-0.3, -0.25) is 19.7 Å². The van der Waals surface area contributed by atoms with Crippen molar-refractivity contribution < 1.29 is 19.1 Å². The van der Waals surface area contributed by atoms with E-state index in [2.05, 4.69) is 17.6 Å². The molecule has 1 aromatic rings. The Bertz CT molecular complexity index is 763. The number of amides is 3. The molecule has 26 heavy (non-hydrogen) atoms. The first-order valence-corrected chi connectivity index (χ1v) is 9.19. The Kier molecular flexibility index (Phi) is 4.40. The van der Waals surface area contributed by atoms with Crippen LogP contribution in [0.15, 0.2) is 18.2 Å². The van der Waals surface area contributed by atoms with Crippen LogP contribution in [0.25, 0.3) is 0 Å². The molecule has 2 N–H and O–H groups in total. The van der Waals surface area contributed by atoms with E-state index < -0.39 is 6.04 Å². The molecule has 3 aliphatic heterocycles. The lowest BCUT2D eigenvalue weighted by molar-refractivity contribution is -0.136. The topological polar surface area (TPSA) is 87.7 Å². The molecule has 138 valence electrons. The molecular weight excluding hydrogens is 334 g/mol. The highest BCUT2D eigenvalue weighted by Crippen LogP contribution is 2.31. The highest BCUT2D eigenvalue weighted by molar-refractivity contribution is 6.05. The van der Waals surface area contributed by atoms with Gasteiger partial charge in [0.1, 0.15) is 17.9 Å². The summed E-state index contributed by atoms with van der Waals surface area (Å²) in [6, 6.07) is 5.38. The van der Waals surface area contributed by atoms with Crippen LogP contribution in [0.3, 0.4) is 0 Å². The van der Waals surface area contributed by atoms with E-state index in [1.807, 2.05) is 12.1 Å². The first kappa shape index (κ1) is 17.0. The molecule has 0 saturated carbocycles. The van der Waals surface area contributed by atoms with Gasteiger partial charge in [0.25, 0.3) is 5.91 Å². The molecule has 2 fully saturated rings. The minimum absolute atomic E-state index is 0.156. The van der Waals surface area contributed by atoms with Crippen molar-refractivity contribution in [3.63, 3.8) is 0 Å². The van der Waals surface area contributed by atoms with Gasteiger partial charge in [0.15, 0.2) is 0 Å². The average molecular weight is 357 g/mol. The number of benzene rings is 1. The summed E-state index contributed by atoms with van der Waals surface area (Å²) in [4.78, 5) is 37.7. The number of piperidine rings is 2. The monoisotopic (exact) mass is 357 g/mol. The summed E-state index contributed by atoms with van der Waals surface area (Å²) >= 11 is 0. The van der Waals surface area contributed by atoms with Crippen LogP contribution in [0, 0.1) is 0 Å². The Labute approximate surface area is 152 Å². The molecule has 3 amide bonds. The second-order valence-corrected chi connectivity index (χ2v) is 7.34. The quantitative estimate of drug-likeness (QED) is 0.787. The fourth-order valence-corrected chi connectivity index (χ4v) is 4.01. The summed E-state index contributed by atoms with van der Waals surface area (Å²) in [6.07, 6.45) is 2.73. The van der Waals surface area contributed by atoms with Crippen LogP contribution in [-0.4, -0.2) is 47.4 Å². The minimum atomic E-state index is -0.581. The molecule has 0 aliphatic carbocycles. The minimum Gasteiger partial charge on any atom is -0.490 e. The Balaban J connectivity index is 1.48. The molecule has 1 aromatic carbocycles. The molecule has 3 aliphatic rings. The van der Waals surface area contributed by atoms with Crippen LogP contribution in [-0.2, 0) is 16.1 Å². The number of carbonyl (C=O) groups is 3. The standard InChI is InChI=1S/C19H23N3O4/c1-11-8-14(6-7-20-11)26-13-2-3-15-12(9-13)10-22(19(15)25)16-4-5-17(23)21-18(16)24/h2-3,9,11,14,16,20H,4-8,10H2,1H3,(H,21,23,24)/t11-,14+,16?/m0/s1. The van der Waals surface area contributed by atoms with Gasteiger partial charge < -0.3 is 15.0 Å². The number of fused-ring (bicyclic) bond motifs is 1. The lowest BCUT2D eigenvalue weighted by Crippen LogP contribution is -2.52. The molecule has 0 aromatic heterocycles. The van der Waals surface area contributed by atoms with Gasteiger partial charge in [-0.1, -0.05) is 0 Å². The zero-order valence-electron chi connectivity index (χ0n) is 14.8. The lowest BCUT2D eigenvalue weighted by Gasteiger charge is -2.29. The van der Waals surface area contributed by atoms with Crippen LogP contribution in [0.4, 0.5) is 0 Å². The summed E-state index contributed by atoms with van der Waals surface area (Å²) in [6.45, 7) is 3.47. The molecule has 3 heterocycles. The largest absolute Gasteiger partial charge is 0.490 e. The van der Waals surface area contributed by atoms with Crippen LogP contribution in [0.2, 0.25) is 0 Å². The molecule has 0 spiro atoms. The van der Waals surface area contributed by atoms with Crippen molar-refractivity contribution in [2.24, 2.45) is 0 Å². The van der Waals surface area contributed by atoms with Gasteiger partial charge in [0.2, 0.25) is 11.8 Å². The first-order chi connectivity index (χ1) is 12.5. The highest BCUT2D eigenvalue weighted by Gasteiger charge is 2.39. The summed E-state index contributed by atoms with van der Waals surface area (Å²) in [7, 11) is 0. The Morgan fingerprint density at radius 1 is 1.19 bits per heavy atom. The van der Waals surface area contributed by atoms with Crippen molar-refractivity contribution >= 4 is 17.7 Å². The number of ether oxygens (including phenoxy) is 1. The Morgan fingerprint density at radius 2 is 2.04 bits per heavy atom. The van der Waals surface area contributed by atoms with Crippen LogP contribution < -0.4 is 15.4 Å². The average Bonchev–Trinajstić information content (AvgIpc) is 2.91. The van der Waals surface area contributed by atoms with E-state index >= 15 is 0 Å². The summed E-state index contributed by atoms with van der Waals surface area (Å²) in [5, 5.41) is 5.72. The van der Waals surface area contributed by atoms with E-state index in [1.165, 1.54) is 0 Å². The van der Waals surface area contributed by atoms with Gasteiger partial charge in [-0.15, -0.1) is 0 Å². The van der Waals surface area contributed by atoms with E-state index in [4.69, 9.17) is 4.74 Å². The van der Waals surface area contributed by atoms with E-state index in [-0.39, 0.29) is 30.2 Å². The second-order valence-electron chi connectivity index (χ2n) is 7.34. The van der Waals surface area contributed by atoms with Crippen LogP contribution in [0.5, 0.6) is 5.75 Å². The SMILES string of the molecule is C[C@H]1C[C@H](Oc2ccc3c(c2)CN(C2CCC(=O)NC2=O)C3=O)CCN1. The number of hydrogen-bond acceptors (Lipinski definition) is 5. The van der Waals surface area contributed by atoms with Gasteiger partial charge in [-0.25, -0.2) is 0 Å². The van der Waals surface area contributed by atoms with Gasteiger partial charge in [-0.05, 0) is 56.5 Å². The van der Waals surface area contributed by atoms with Crippen molar-refractivity contribution in [1.82, 2.24) is 15.5 Å². The van der Waals surface area contributed by atoms with E-state index in [1.54, 1.807) is 11.0 Å².